The Hall–Kier alpha value is -0.890. The minimum absolute atomic E-state index is 0.413. The number of nitrogens with one attached hydrogen (secondary N) is 1. The predicted molar refractivity (Wildman–Crippen MR) is 78.8 cm³/mol. The molecule has 1 heterocycles. The van der Waals surface area contributed by atoms with Gasteiger partial charge in [-0.15, -0.1) is 0 Å². The second kappa shape index (κ2) is 9.09. The fraction of sp³-hybridized carbons (Fsp3) is 0.688. The molecule has 102 valence electrons. The van der Waals surface area contributed by atoms with Crippen LogP contribution in [0.3, 0.4) is 0 Å². The van der Waals surface area contributed by atoms with Gasteiger partial charge in [0.15, 0.2) is 0 Å². The molecule has 1 aromatic heterocycles. The third kappa shape index (κ3) is 5.63. The lowest BCUT2D eigenvalue weighted by molar-refractivity contribution is 0.489. The van der Waals surface area contributed by atoms with E-state index in [-0.39, 0.29) is 0 Å². The van der Waals surface area contributed by atoms with Gasteiger partial charge < -0.3 is 5.32 Å². The van der Waals surface area contributed by atoms with Crippen LogP contribution in [0.1, 0.15) is 69.2 Å². The summed E-state index contributed by atoms with van der Waals surface area (Å²) in [4.78, 5) is 4.48. The van der Waals surface area contributed by atoms with Crippen molar-refractivity contribution in [3.63, 3.8) is 0 Å². The molecule has 1 aromatic rings. The molecule has 0 fully saturated rings. The van der Waals surface area contributed by atoms with Crippen molar-refractivity contribution in [1.29, 1.82) is 0 Å². The van der Waals surface area contributed by atoms with Crippen LogP contribution < -0.4 is 5.32 Å². The number of nitrogens with zero attached hydrogens (tertiary/aromatic N) is 1. The van der Waals surface area contributed by atoms with Crippen LogP contribution in [-0.2, 0) is 0 Å². The summed E-state index contributed by atoms with van der Waals surface area (Å²) in [6.45, 7) is 4.39. The summed E-state index contributed by atoms with van der Waals surface area (Å²) in [7, 11) is 2.03. The third-order valence-electron chi connectivity index (χ3n) is 3.49. The van der Waals surface area contributed by atoms with Crippen molar-refractivity contribution < 1.29 is 0 Å². The van der Waals surface area contributed by atoms with E-state index in [0.29, 0.717) is 6.04 Å². The first-order valence-corrected chi connectivity index (χ1v) is 7.37. The number of hydrogen-bond acceptors (Lipinski definition) is 2. The van der Waals surface area contributed by atoms with Crippen LogP contribution in [0.2, 0.25) is 0 Å². The van der Waals surface area contributed by atoms with Crippen molar-refractivity contribution in [2.75, 3.05) is 7.05 Å². The van der Waals surface area contributed by atoms with E-state index in [9.17, 15) is 0 Å². The topological polar surface area (TPSA) is 24.9 Å². The van der Waals surface area contributed by atoms with Crippen molar-refractivity contribution in [2.45, 2.75) is 64.8 Å². The molecule has 1 unspecified atom stereocenters. The Bertz CT molecular complexity index is 323. The maximum absolute atomic E-state index is 4.48. The van der Waals surface area contributed by atoms with Gasteiger partial charge in [-0.05, 0) is 38.1 Å². The molecule has 0 bridgehead atoms. The summed E-state index contributed by atoms with van der Waals surface area (Å²) in [6.07, 6.45) is 11.2. The average molecular weight is 248 g/mol. The Labute approximate surface area is 112 Å². The summed E-state index contributed by atoms with van der Waals surface area (Å²) >= 11 is 0. The largest absolute Gasteiger partial charge is 0.312 e. The van der Waals surface area contributed by atoms with Crippen LogP contribution in [0.15, 0.2) is 18.3 Å². The van der Waals surface area contributed by atoms with Gasteiger partial charge >= 0.3 is 0 Å². The first kappa shape index (κ1) is 15.2. The molecule has 0 amide bonds. The first-order valence-electron chi connectivity index (χ1n) is 7.37. The Balaban J connectivity index is 2.29. The van der Waals surface area contributed by atoms with E-state index in [1.165, 1.54) is 56.2 Å². The fourth-order valence-corrected chi connectivity index (χ4v) is 2.32. The maximum atomic E-state index is 4.48. The monoisotopic (exact) mass is 248 g/mol. The minimum atomic E-state index is 0.413. The Morgan fingerprint density at radius 3 is 2.56 bits per heavy atom. The molecular formula is C16H28N2. The van der Waals surface area contributed by atoms with E-state index in [2.05, 4.69) is 36.3 Å². The molecule has 0 aliphatic rings. The second-order valence-corrected chi connectivity index (χ2v) is 5.16. The molecule has 0 radical (unpaired) electrons. The Morgan fingerprint density at radius 1 is 1.17 bits per heavy atom. The predicted octanol–water partition coefficient (Wildman–Crippen LogP) is 4.40. The molecule has 0 saturated carbocycles. The van der Waals surface area contributed by atoms with Crippen molar-refractivity contribution in [1.82, 2.24) is 10.3 Å². The zero-order valence-electron chi connectivity index (χ0n) is 12.2. The molecular weight excluding hydrogens is 220 g/mol. The van der Waals surface area contributed by atoms with E-state index in [4.69, 9.17) is 0 Å². The van der Waals surface area contributed by atoms with E-state index in [0.717, 1.165) is 0 Å². The molecule has 0 saturated heterocycles. The van der Waals surface area contributed by atoms with Gasteiger partial charge in [0.2, 0.25) is 0 Å². The Morgan fingerprint density at radius 2 is 1.89 bits per heavy atom. The SMILES string of the molecule is CCCCCCCCC(NC)c1cc(C)ccn1. The second-order valence-electron chi connectivity index (χ2n) is 5.16. The molecule has 2 heteroatoms. The zero-order chi connectivity index (χ0) is 13.2. The lowest BCUT2D eigenvalue weighted by Gasteiger charge is -2.15. The van der Waals surface area contributed by atoms with E-state index in [1.807, 2.05) is 13.2 Å². The van der Waals surface area contributed by atoms with Crippen LogP contribution in [-0.4, -0.2) is 12.0 Å². The summed E-state index contributed by atoms with van der Waals surface area (Å²) in [5, 5.41) is 3.39. The number of pyridine rings is 1. The lowest BCUT2D eigenvalue weighted by Crippen LogP contribution is -2.17. The van der Waals surface area contributed by atoms with Crippen molar-refractivity contribution >= 4 is 0 Å². The number of aromatic nitrogens is 1. The highest BCUT2D eigenvalue weighted by atomic mass is 14.9. The number of aryl methyl sites for hydroxylation is 1. The average Bonchev–Trinajstić information content (AvgIpc) is 2.38. The van der Waals surface area contributed by atoms with Gasteiger partial charge in [-0.25, -0.2) is 0 Å². The molecule has 0 aliphatic carbocycles. The molecule has 1 atom stereocenters. The van der Waals surface area contributed by atoms with E-state index in [1.54, 1.807) is 0 Å². The minimum Gasteiger partial charge on any atom is -0.312 e. The Kier molecular flexibility index (Phi) is 7.66. The number of hydrogen-bond donors (Lipinski definition) is 1. The zero-order valence-corrected chi connectivity index (χ0v) is 12.2. The van der Waals surface area contributed by atoms with Crippen LogP contribution in [0.25, 0.3) is 0 Å². The molecule has 1 rings (SSSR count). The quantitative estimate of drug-likeness (QED) is 0.655. The van der Waals surface area contributed by atoms with Crippen molar-refractivity contribution in [3.05, 3.63) is 29.6 Å². The van der Waals surface area contributed by atoms with E-state index >= 15 is 0 Å². The third-order valence-corrected chi connectivity index (χ3v) is 3.49. The summed E-state index contributed by atoms with van der Waals surface area (Å²) < 4.78 is 0. The van der Waals surface area contributed by atoms with Crippen LogP contribution in [0.4, 0.5) is 0 Å². The van der Waals surface area contributed by atoms with Crippen LogP contribution in [0, 0.1) is 6.92 Å². The van der Waals surface area contributed by atoms with Gasteiger partial charge in [-0.2, -0.15) is 0 Å². The van der Waals surface area contributed by atoms with Gasteiger partial charge in [-0.1, -0.05) is 45.4 Å². The summed E-state index contributed by atoms with van der Waals surface area (Å²) in [5.74, 6) is 0. The van der Waals surface area contributed by atoms with Crippen LogP contribution >= 0.6 is 0 Å². The van der Waals surface area contributed by atoms with Gasteiger partial charge in [-0.3, -0.25) is 4.98 Å². The van der Waals surface area contributed by atoms with Gasteiger partial charge in [0, 0.05) is 12.2 Å². The number of rotatable bonds is 9. The molecule has 1 N–H and O–H groups in total. The molecule has 0 aromatic carbocycles. The molecule has 18 heavy (non-hydrogen) atoms. The summed E-state index contributed by atoms with van der Waals surface area (Å²) in [6, 6.07) is 4.66. The van der Waals surface area contributed by atoms with Gasteiger partial charge in [0.05, 0.1) is 5.69 Å². The highest BCUT2D eigenvalue weighted by Crippen LogP contribution is 2.19. The highest BCUT2D eigenvalue weighted by molar-refractivity contribution is 5.17. The smallest absolute Gasteiger partial charge is 0.0575 e. The van der Waals surface area contributed by atoms with Gasteiger partial charge in [0.25, 0.3) is 0 Å². The fourth-order valence-electron chi connectivity index (χ4n) is 2.32. The molecule has 2 nitrogen and oxygen atoms in total. The summed E-state index contributed by atoms with van der Waals surface area (Å²) in [5.41, 5.74) is 2.48. The van der Waals surface area contributed by atoms with Gasteiger partial charge in [0.1, 0.15) is 0 Å². The molecule has 0 spiro atoms. The highest BCUT2D eigenvalue weighted by Gasteiger charge is 2.09. The van der Waals surface area contributed by atoms with Crippen LogP contribution in [0.5, 0.6) is 0 Å². The number of unbranched alkanes of at least 4 members (excludes halogenated alkanes) is 5. The normalized spacial score (nSPS) is 12.6. The maximum Gasteiger partial charge on any atom is 0.0575 e. The lowest BCUT2D eigenvalue weighted by atomic mass is 10.0. The first-order chi connectivity index (χ1) is 8.77. The van der Waals surface area contributed by atoms with E-state index < -0.39 is 0 Å². The van der Waals surface area contributed by atoms with Crippen molar-refractivity contribution in [2.24, 2.45) is 0 Å². The van der Waals surface area contributed by atoms with Crippen molar-refractivity contribution in [3.8, 4) is 0 Å². The molecule has 0 aliphatic heterocycles. The standard InChI is InChI=1S/C16H28N2/c1-4-5-6-7-8-9-10-15(17-3)16-13-14(2)11-12-18-16/h11-13,15,17H,4-10H2,1-3H3.